The van der Waals surface area contributed by atoms with Gasteiger partial charge >= 0.3 is 0 Å². The molecule has 0 N–H and O–H groups in total. The number of benzene rings is 1. The second-order valence-electron chi connectivity index (χ2n) is 5.33. The molecule has 1 fully saturated rings. The predicted octanol–water partition coefficient (Wildman–Crippen LogP) is 2.40. The number of aromatic nitrogens is 2. The highest BCUT2D eigenvalue weighted by Crippen LogP contribution is 2.29. The summed E-state index contributed by atoms with van der Waals surface area (Å²) >= 11 is 0. The average Bonchev–Trinajstić information content (AvgIpc) is 2.62. The van der Waals surface area contributed by atoms with Crippen LogP contribution >= 0.6 is 0 Å². The number of ether oxygens (including phenoxy) is 2. The number of anilines is 1. The topological polar surface area (TPSA) is 71.3 Å². The summed E-state index contributed by atoms with van der Waals surface area (Å²) in [5.74, 6) is 2.05. The fourth-order valence-corrected chi connectivity index (χ4v) is 2.67. The molecule has 1 saturated heterocycles. The Morgan fingerprint density at radius 3 is 2.87 bits per heavy atom. The second-order valence-corrected chi connectivity index (χ2v) is 5.33. The third-order valence-electron chi connectivity index (χ3n) is 3.78. The van der Waals surface area contributed by atoms with E-state index >= 15 is 0 Å². The van der Waals surface area contributed by atoms with Crippen LogP contribution in [0.3, 0.4) is 0 Å². The molecule has 0 bridgehead atoms. The van der Waals surface area contributed by atoms with Gasteiger partial charge in [-0.3, -0.25) is 0 Å². The highest BCUT2D eigenvalue weighted by Gasteiger charge is 2.24. The summed E-state index contributed by atoms with van der Waals surface area (Å²) in [6.45, 7) is 1.55. The number of piperidine rings is 1. The zero-order chi connectivity index (χ0) is 16.1. The van der Waals surface area contributed by atoms with Crippen molar-refractivity contribution in [3.8, 4) is 17.6 Å². The van der Waals surface area contributed by atoms with Gasteiger partial charge in [-0.15, -0.1) is 0 Å². The lowest BCUT2D eigenvalue weighted by molar-refractivity contribution is 0.172. The zero-order valence-corrected chi connectivity index (χ0v) is 13.0. The van der Waals surface area contributed by atoms with Crippen LogP contribution in [0.15, 0.2) is 36.5 Å². The largest absolute Gasteiger partial charge is 0.493 e. The number of hydrogen-bond donors (Lipinski definition) is 0. The summed E-state index contributed by atoms with van der Waals surface area (Å²) in [6, 6.07) is 11.3. The molecule has 0 unspecified atom stereocenters. The molecule has 0 aliphatic carbocycles. The fraction of sp³-hybridized carbons (Fsp3) is 0.353. The average molecular weight is 310 g/mol. The van der Waals surface area contributed by atoms with Crippen molar-refractivity contribution < 1.29 is 9.47 Å². The summed E-state index contributed by atoms with van der Waals surface area (Å²) in [7, 11) is 1.64. The van der Waals surface area contributed by atoms with E-state index < -0.39 is 0 Å². The Balaban J connectivity index is 1.72. The molecule has 6 nitrogen and oxygen atoms in total. The SMILES string of the molecule is COc1ccccc1O[C@H]1CCCN(c2nccc(C#N)n2)C1. The maximum absolute atomic E-state index is 8.97. The van der Waals surface area contributed by atoms with Crippen LogP contribution in [-0.2, 0) is 0 Å². The van der Waals surface area contributed by atoms with Gasteiger partial charge in [-0.05, 0) is 31.0 Å². The van der Waals surface area contributed by atoms with Gasteiger partial charge in [0.2, 0.25) is 5.95 Å². The van der Waals surface area contributed by atoms with Gasteiger partial charge in [0.05, 0.1) is 13.7 Å². The molecule has 1 aromatic carbocycles. The third kappa shape index (κ3) is 3.51. The maximum atomic E-state index is 8.97. The van der Waals surface area contributed by atoms with Crippen LogP contribution in [0.5, 0.6) is 11.5 Å². The fourth-order valence-electron chi connectivity index (χ4n) is 2.67. The second kappa shape index (κ2) is 6.97. The molecule has 2 aromatic rings. The molecule has 0 saturated carbocycles. The molecule has 2 heterocycles. The van der Waals surface area contributed by atoms with E-state index in [1.165, 1.54) is 0 Å². The number of nitriles is 1. The molecule has 0 amide bonds. The first-order valence-electron chi connectivity index (χ1n) is 7.58. The smallest absolute Gasteiger partial charge is 0.226 e. The molecule has 0 radical (unpaired) electrons. The molecule has 1 aliphatic rings. The number of methoxy groups -OCH3 is 1. The van der Waals surface area contributed by atoms with Crippen molar-refractivity contribution in [3.05, 3.63) is 42.2 Å². The molecule has 1 aromatic heterocycles. The van der Waals surface area contributed by atoms with Crippen LogP contribution in [0.25, 0.3) is 0 Å². The van der Waals surface area contributed by atoms with Crippen molar-refractivity contribution in [1.82, 2.24) is 9.97 Å². The monoisotopic (exact) mass is 310 g/mol. The molecular weight excluding hydrogens is 292 g/mol. The standard InChI is InChI=1S/C17H18N4O2/c1-22-15-6-2-3-7-16(15)23-14-5-4-10-21(12-14)17-19-9-8-13(11-18)20-17/h2-3,6-9,14H,4-5,10,12H2,1H3/t14-/m0/s1. The van der Waals surface area contributed by atoms with Gasteiger partial charge in [0.1, 0.15) is 17.9 Å². The highest BCUT2D eigenvalue weighted by atomic mass is 16.5. The molecule has 1 aliphatic heterocycles. The minimum Gasteiger partial charge on any atom is -0.493 e. The van der Waals surface area contributed by atoms with Gasteiger partial charge in [-0.25, -0.2) is 9.97 Å². The Hall–Kier alpha value is -2.81. The molecule has 3 rings (SSSR count). The van der Waals surface area contributed by atoms with E-state index in [0.717, 1.165) is 30.9 Å². The number of para-hydroxylation sites is 2. The minimum absolute atomic E-state index is 0.0365. The highest BCUT2D eigenvalue weighted by molar-refractivity contribution is 5.40. The predicted molar refractivity (Wildman–Crippen MR) is 85.6 cm³/mol. The molecule has 23 heavy (non-hydrogen) atoms. The van der Waals surface area contributed by atoms with E-state index in [1.807, 2.05) is 30.3 Å². The van der Waals surface area contributed by atoms with Crippen molar-refractivity contribution in [2.24, 2.45) is 0 Å². The Morgan fingerprint density at radius 2 is 2.09 bits per heavy atom. The number of rotatable bonds is 4. The number of hydrogen-bond acceptors (Lipinski definition) is 6. The van der Waals surface area contributed by atoms with Gasteiger partial charge in [0.15, 0.2) is 11.5 Å². The normalized spacial score (nSPS) is 17.4. The Bertz CT molecular complexity index is 714. The molecule has 0 spiro atoms. The summed E-state index contributed by atoms with van der Waals surface area (Å²) in [6.07, 6.45) is 3.60. The Labute approximate surface area is 135 Å². The lowest BCUT2D eigenvalue weighted by Gasteiger charge is -2.33. The van der Waals surface area contributed by atoms with Gasteiger partial charge in [0.25, 0.3) is 0 Å². The lowest BCUT2D eigenvalue weighted by Crippen LogP contribution is -2.42. The van der Waals surface area contributed by atoms with Crippen molar-refractivity contribution in [3.63, 3.8) is 0 Å². The van der Waals surface area contributed by atoms with Crippen LogP contribution in [0.1, 0.15) is 18.5 Å². The summed E-state index contributed by atoms with van der Waals surface area (Å²) in [5, 5.41) is 8.97. The third-order valence-corrected chi connectivity index (χ3v) is 3.78. The van der Waals surface area contributed by atoms with E-state index in [2.05, 4.69) is 14.9 Å². The summed E-state index contributed by atoms with van der Waals surface area (Å²) in [4.78, 5) is 10.6. The van der Waals surface area contributed by atoms with Crippen LogP contribution in [0.4, 0.5) is 5.95 Å². The van der Waals surface area contributed by atoms with Crippen molar-refractivity contribution >= 4 is 5.95 Å². The minimum atomic E-state index is 0.0365. The van der Waals surface area contributed by atoms with E-state index in [9.17, 15) is 0 Å². The molecular formula is C17H18N4O2. The van der Waals surface area contributed by atoms with Crippen molar-refractivity contribution in [1.29, 1.82) is 5.26 Å². The molecule has 6 heteroatoms. The van der Waals surface area contributed by atoms with E-state index in [4.69, 9.17) is 14.7 Å². The number of nitrogens with zero attached hydrogens (tertiary/aromatic N) is 4. The van der Waals surface area contributed by atoms with Crippen molar-refractivity contribution in [2.45, 2.75) is 18.9 Å². The van der Waals surface area contributed by atoms with Gasteiger partial charge in [-0.1, -0.05) is 12.1 Å². The molecule has 1 atom stereocenters. The van der Waals surface area contributed by atoms with Crippen LogP contribution in [0, 0.1) is 11.3 Å². The van der Waals surface area contributed by atoms with Gasteiger partial charge in [0, 0.05) is 12.7 Å². The molecule has 118 valence electrons. The quantitative estimate of drug-likeness (QED) is 0.863. The first-order chi connectivity index (χ1) is 11.3. The summed E-state index contributed by atoms with van der Waals surface area (Å²) < 4.78 is 11.4. The van der Waals surface area contributed by atoms with Crippen LogP contribution in [0.2, 0.25) is 0 Å². The zero-order valence-electron chi connectivity index (χ0n) is 13.0. The van der Waals surface area contributed by atoms with E-state index in [0.29, 0.717) is 18.2 Å². The first kappa shape index (κ1) is 15.1. The van der Waals surface area contributed by atoms with Crippen LogP contribution < -0.4 is 14.4 Å². The van der Waals surface area contributed by atoms with E-state index in [1.54, 1.807) is 19.4 Å². The summed E-state index contributed by atoms with van der Waals surface area (Å²) in [5.41, 5.74) is 0.378. The first-order valence-corrected chi connectivity index (χ1v) is 7.58. The Kier molecular flexibility index (Phi) is 4.57. The lowest BCUT2D eigenvalue weighted by atomic mass is 10.1. The van der Waals surface area contributed by atoms with Gasteiger partial charge in [-0.2, -0.15) is 5.26 Å². The van der Waals surface area contributed by atoms with E-state index in [-0.39, 0.29) is 6.10 Å². The van der Waals surface area contributed by atoms with Crippen molar-refractivity contribution in [2.75, 3.05) is 25.1 Å². The Morgan fingerprint density at radius 1 is 1.26 bits per heavy atom. The van der Waals surface area contributed by atoms with Gasteiger partial charge < -0.3 is 14.4 Å². The maximum Gasteiger partial charge on any atom is 0.226 e. The van der Waals surface area contributed by atoms with Crippen LogP contribution in [-0.4, -0.2) is 36.3 Å².